The minimum absolute atomic E-state index is 0.0663. The van der Waals surface area contributed by atoms with Gasteiger partial charge in [-0.15, -0.1) is 0 Å². The number of nitrogens with zero attached hydrogens (tertiary/aromatic N) is 3. The van der Waals surface area contributed by atoms with Crippen LogP contribution in [-0.4, -0.2) is 42.8 Å². The summed E-state index contributed by atoms with van der Waals surface area (Å²) >= 11 is 0. The van der Waals surface area contributed by atoms with E-state index in [1.54, 1.807) is 6.07 Å². The zero-order valence-corrected chi connectivity index (χ0v) is 12.2. The van der Waals surface area contributed by atoms with Gasteiger partial charge < -0.3 is 10.6 Å². The first kappa shape index (κ1) is 13.4. The Bertz CT molecular complexity index is 738. The number of fused-ring (bicyclic) bond motifs is 1. The maximum Gasteiger partial charge on any atom is 0.239 e. The fraction of sp³-hybridized carbons (Fsp3) is 0.462. The van der Waals surface area contributed by atoms with Crippen LogP contribution < -0.4 is 10.6 Å². The molecule has 0 bridgehead atoms. The highest BCUT2D eigenvalue weighted by Crippen LogP contribution is 2.26. The van der Waals surface area contributed by atoms with Crippen molar-refractivity contribution in [2.24, 2.45) is 5.73 Å². The summed E-state index contributed by atoms with van der Waals surface area (Å²) in [6, 6.07) is 7.34. The summed E-state index contributed by atoms with van der Waals surface area (Å²) in [5.74, 6) is 0.476. The van der Waals surface area contributed by atoms with Gasteiger partial charge in [-0.05, 0) is 25.0 Å². The fourth-order valence-electron chi connectivity index (χ4n) is 2.71. The van der Waals surface area contributed by atoms with E-state index in [9.17, 15) is 8.42 Å². The van der Waals surface area contributed by atoms with E-state index in [1.807, 2.05) is 23.1 Å². The minimum atomic E-state index is -3.41. The first-order valence-electron chi connectivity index (χ1n) is 6.65. The van der Waals surface area contributed by atoms with Gasteiger partial charge in [-0.1, -0.05) is 12.1 Å². The molecular formula is C13H18N4O2S. The monoisotopic (exact) mass is 294 g/mol. The van der Waals surface area contributed by atoms with Crippen molar-refractivity contribution in [1.82, 2.24) is 8.96 Å². The quantitative estimate of drug-likeness (QED) is 0.885. The number of rotatable bonds is 2. The minimum Gasteiger partial charge on any atom is -0.340 e. The predicted molar refractivity (Wildman–Crippen MR) is 79.4 cm³/mol. The third-order valence-corrected chi connectivity index (χ3v) is 4.60. The van der Waals surface area contributed by atoms with Gasteiger partial charge in [-0.3, -0.25) is 0 Å². The average molecular weight is 294 g/mol. The number of hydrogen-bond donors (Lipinski definition) is 1. The van der Waals surface area contributed by atoms with Crippen molar-refractivity contribution in [1.29, 1.82) is 0 Å². The molecule has 0 spiro atoms. The Kier molecular flexibility index (Phi) is 3.18. The van der Waals surface area contributed by atoms with Gasteiger partial charge in [0.2, 0.25) is 16.0 Å². The van der Waals surface area contributed by atoms with Crippen LogP contribution in [0.25, 0.3) is 11.0 Å². The van der Waals surface area contributed by atoms with Gasteiger partial charge >= 0.3 is 0 Å². The molecule has 0 unspecified atom stereocenters. The van der Waals surface area contributed by atoms with Crippen LogP contribution in [0.5, 0.6) is 0 Å². The van der Waals surface area contributed by atoms with E-state index in [4.69, 9.17) is 5.73 Å². The lowest BCUT2D eigenvalue weighted by atomic mass is 10.1. The summed E-state index contributed by atoms with van der Waals surface area (Å²) < 4.78 is 25.6. The number of anilines is 1. The van der Waals surface area contributed by atoms with E-state index in [0.29, 0.717) is 23.5 Å². The molecule has 2 N–H and O–H groups in total. The van der Waals surface area contributed by atoms with Crippen LogP contribution in [-0.2, 0) is 10.0 Å². The van der Waals surface area contributed by atoms with Crippen molar-refractivity contribution in [3.8, 4) is 0 Å². The maximum atomic E-state index is 12.1. The van der Waals surface area contributed by atoms with Gasteiger partial charge in [-0.25, -0.2) is 17.4 Å². The molecule has 0 aliphatic carbocycles. The van der Waals surface area contributed by atoms with E-state index in [-0.39, 0.29) is 6.04 Å². The van der Waals surface area contributed by atoms with Gasteiger partial charge in [-0.2, -0.15) is 0 Å². The summed E-state index contributed by atoms with van der Waals surface area (Å²) in [7, 11) is -3.41. The Hall–Kier alpha value is -1.60. The second-order valence-electron chi connectivity index (χ2n) is 5.28. The molecule has 0 amide bonds. The van der Waals surface area contributed by atoms with Crippen molar-refractivity contribution in [3.05, 3.63) is 24.3 Å². The SMILES string of the molecule is CS(=O)(=O)n1c(N2CCC[C@H](N)C2)nc2ccccc21. The van der Waals surface area contributed by atoms with Crippen molar-refractivity contribution in [2.75, 3.05) is 24.2 Å². The van der Waals surface area contributed by atoms with Crippen molar-refractivity contribution >= 4 is 27.0 Å². The summed E-state index contributed by atoms with van der Waals surface area (Å²) in [4.78, 5) is 6.46. The van der Waals surface area contributed by atoms with Gasteiger partial charge in [0.15, 0.2) is 0 Å². The number of benzene rings is 1. The molecule has 0 saturated carbocycles. The molecule has 7 heteroatoms. The highest BCUT2D eigenvalue weighted by molar-refractivity contribution is 7.89. The predicted octanol–water partition coefficient (Wildman–Crippen LogP) is 0.772. The van der Waals surface area contributed by atoms with Crippen LogP contribution in [0.4, 0.5) is 5.95 Å². The van der Waals surface area contributed by atoms with Gasteiger partial charge in [0.25, 0.3) is 0 Å². The average Bonchev–Trinajstić information content (AvgIpc) is 2.77. The van der Waals surface area contributed by atoms with Crippen LogP contribution in [0.3, 0.4) is 0 Å². The normalized spacial score (nSPS) is 20.5. The van der Waals surface area contributed by atoms with Crippen molar-refractivity contribution in [3.63, 3.8) is 0 Å². The van der Waals surface area contributed by atoms with Crippen molar-refractivity contribution < 1.29 is 8.42 Å². The number of aromatic nitrogens is 2. The Labute approximate surface area is 118 Å². The molecule has 1 fully saturated rings. The van der Waals surface area contributed by atoms with E-state index in [1.165, 1.54) is 10.2 Å². The van der Waals surface area contributed by atoms with Gasteiger partial charge in [0, 0.05) is 19.1 Å². The molecule has 1 atom stereocenters. The van der Waals surface area contributed by atoms with E-state index < -0.39 is 10.0 Å². The van der Waals surface area contributed by atoms with Crippen LogP contribution in [0.2, 0.25) is 0 Å². The fourth-order valence-corrected chi connectivity index (χ4v) is 3.67. The van der Waals surface area contributed by atoms with Crippen molar-refractivity contribution in [2.45, 2.75) is 18.9 Å². The maximum absolute atomic E-state index is 12.1. The molecule has 2 heterocycles. The lowest BCUT2D eigenvalue weighted by molar-refractivity contribution is 0.499. The molecule has 1 aromatic carbocycles. The second kappa shape index (κ2) is 4.75. The molecule has 1 aliphatic heterocycles. The van der Waals surface area contributed by atoms with E-state index in [0.717, 1.165) is 19.4 Å². The Morgan fingerprint density at radius 3 is 2.80 bits per heavy atom. The molecule has 1 saturated heterocycles. The summed E-state index contributed by atoms with van der Waals surface area (Å²) in [6.45, 7) is 1.42. The third kappa shape index (κ3) is 2.27. The van der Waals surface area contributed by atoms with Crippen LogP contribution in [0, 0.1) is 0 Å². The van der Waals surface area contributed by atoms with E-state index in [2.05, 4.69) is 4.98 Å². The Morgan fingerprint density at radius 2 is 2.10 bits per heavy atom. The van der Waals surface area contributed by atoms with E-state index >= 15 is 0 Å². The summed E-state index contributed by atoms with van der Waals surface area (Å²) in [5.41, 5.74) is 7.29. The largest absolute Gasteiger partial charge is 0.340 e. The number of para-hydroxylation sites is 2. The lowest BCUT2D eigenvalue weighted by Gasteiger charge is -2.31. The van der Waals surface area contributed by atoms with Crippen LogP contribution in [0.1, 0.15) is 12.8 Å². The first-order valence-corrected chi connectivity index (χ1v) is 8.50. The standard InChI is InChI=1S/C13H18N4O2S/c1-20(18,19)17-12-7-3-2-6-11(12)15-13(17)16-8-4-5-10(14)9-16/h2-3,6-7,10H,4-5,8-9,14H2,1H3/t10-/m0/s1. The smallest absolute Gasteiger partial charge is 0.239 e. The Balaban J connectivity index is 2.19. The molecule has 2 aromatic rings. The third-order valence-electron chi connectivity index (χ3n) is 3.57. The summed E-state index contributed by atoms with van der Waals surface area (Å²) in [6.07, 6.45) is 3.12. The molecule has 108 valence electrons. The zero-order chi connectivity index (χ0) is 14.3. The number of imidazole rings is 1. The zero-order valence-electron chi connectivity index (χ0n) is 11.4. The number of nitrogens with two attached hydrogens (primary N) is 1. The second-order valence-corrected chi connectivity index (χ2v) is 7.11. The topological polar surface area (TPSA) is 81.2 Å². The number of piperidine rings is 1. The first-order chi connectivity index (χ1) is 9.47. The molecule has 20 heavy (non-hydrogen) atoms. The molecular weight excluding hydrogens is 276 g/mol. The highest BCUT2D eigenvalue weighted by atomic mass is 32.2. The van der Waals surface area contributed by atoms with Crippen LogP contribution >= 0.6 is 0 Å². The lowest BCUT2D eigenvalue weighted by Crippen LogP contribution is -2.44. The van der Waals surface area contributed by atoms with Crippen LogP contribution in [0.15, 0.2) is 24.3 Å². The summed E-state index contributed by atoms with van der Waals surface area (Å²) in [5, 5.41) is 0. The molecule has 0 radical (unpaired) electrons. The molecule has 3 rings (SSSR count). The molecule has 1 aliphatic rings. The Morgan fingerprint density at radius 1 is 1.35 bits per heavy atom. The molecule has 1 aromatic heterocycles. The highest BCUT2D eigenvalue weighted by Gasteiger charge is 2.25. The van der Waals surface area contributed by atoms with Gasteiger partial charge in [0.1, 0.15) is 0 Å². The number of hydrogen-bond acceptors (Lipinski definition) is 5. The van der Waals surface area contributed by atoms with Gasteiger partial charge in [0.05, 0.1) is 17.3 Å². The molecule has 6 nitrogen and oxygen atoms in total.